The van der Waals surface area contributed by atoms with Crippen LogP contribution in [-0.4, -0.2) is 61.6 Å². The predicted octanol–water partition coefficient (Wildman–Crippen LogP) is 2.19. The van der Waals surface area contributed by atoms with E-state index in [1.165, 1.54) is 29.3 Å². The lowest BCUT2D eigenvalue weighted by Gasteiger charge is -2.26. The highest BCUT2D eigenvalue weighted by Gasteiger charge is 2.26. The van der Waals surface area contributed by atoms with Gasteiger partial charge in [-0.25, -0.2) is 9.37 Å². The third-order valence-corrected chi connectivity index (χ3v) is 5.41. The second-order valence-electron chi connectivity index (χ2n) is 7.93. The Morgan fingerprint density at radius 2 is 2.11 bits per heavy atom. The molecule has 0 fully saturated rings. The standard InChI is InChI=1S/C25H27FN6O3/c1-6-20(29-4)23-15-9-21(24(30-11-15)31-22(33)12-28-3)35-14(2)18-10-16(26)7-8-17(18)25(34)32(5)13-19(23)27/h1,7-11,14,27-29H,12-13H2,2-5H3,(H,30,31,33)/b23-20-,27-19?/t14-/m0/s1. The minimum Gasteiger partial charge on any atom is -0.482 e. The Hall–Kier alpha value is -4.23. The maximum absolute atomic E-state index is 14.2. The Morgan fingerprint density at radius 3 is 2.77 bits per heavy atom. The van der Waals surface area contributed by atoms with Gasteiger partial charge in [0.15, 0.2) is 11.6 Å². The smallest absolute Gasteiger partial charge is 0.254 e. The molecule has 1 atom stereocenters. The van der Waals surface area contributed by atoms with Gasteiger partial charge in [-0.1, -0.05) is 5.92 Å². The van der Waals surface area contributed by atoms with Crippen LogP contribution in [0.1, 0.15) is 34.5 Å². The molecule has 2 heterocycles. The molecule has 10 heteroatoms. The van der Waals surface area contributed by atoms with Gasteiger partial charge in [0.1, 0.15) is 11.9 Å². The number of anilines is 1. The Bertz CT molecular complexity index is 1250. The van der Waals surface area contributed by atoms with Gasteiger partial charge in [-0.3, -0.25) is 9.59 Å². The lowest BCUT2D eigenvalue weighted by molar-refractivity contribution is -0.115. The molecule has 0 saturated carbocycles. The average Bonchev–Trinajstić information content (AvgIpc) is 2.82. The molecule has 2 bridgehead atoms. The molecule has 2 amide bonds. The minimum absolute atomic E-state index is 0.0457. The van der Waals surface area contributed by atoms with Gasteiger partial charge >= 0.3 is 0 Å². The largest absolute Gasteiger partial charge is 0.482 e. The van der Waals surface area contributed by atoms with E-state index in [1.807, 2.05) is 0 Å². The van der Waals surface area contributed by atoms with Crippen molar-refractivity contribution >= 4 is 28.9 Å². The highest BCUT2D eigenvalue weighted by Crippen LogP contribution is 2.34. The van der Waals surface area contributed by atoms with E-state index in [0.29, 0.717) is 22.4 Å². The first-order chi connectivity index (χ1) is 16.7. The molecular weight excluding hydrogens is 451 g/mol. The lowest BCUT2D eigenvalue weighted by atomic mass is 9.97. The Kier molecular flexibility index (Phi) is 7.83. The lowest BCUT2D eigenvalue weighted by Crippen LogP contribution is -2.34. The molecule has 1 aliphatic heterocycles. The number of halogens is 1. The average molecular weight is 479 g/mol. The Morgan fingerprint density at radius 1 is 1.37 bits per heavy atom. The highest BCUT2D eigenvalue weighted by molar-refractivity contribution is 6.25. The zero-order valence-corrected chi connectivity index (χ0v) is 20.0. The summed E-state index contributed by atoms with van der Waals surface area (Å²) in [5.41, 5.74) is 1.74. The number of hydrogen-bond donors (Lipinski definition) is 4. The van der Waals surface area contributed by atoms with E-state index in [4.69, 9.17) is 16.6 Å². The van der Waals surface area contributed by atoms with Crippen molar-refractivity contribution in [2.24, 2.45) is 0 Å². The Labute approximate surface area is 203 Å². The van der Waals surface area contributed by atoms with Crippen molar-refractivity contribution in [3.05, 3.63) is 58.7 Å². The van der Waals surface area contributed by atoms with Crippen molar-refractivity contribution in [1.29, 1.82) is 5.41 Å². The van der Waals surface area contributed by atoms with Crippen LogP contribution in [0.4, 0.5) is 10.2 Å². The molecule has 4 N–H and O–H groups in total. The summed E-state index contributed by atoms with van der Waals surface area (Å²) < 4.78 is 20.3. The van der Waals surface area contributed by atoms with E-state index in [0.717, 1.165) is 0 Å². The number of ether oxygens (including phenoxy) is 1. The number of nitrogens with zero attached hydrogens (tertiary/aromatic N) is 2. The van der Waals surface area contributed by atoms with Gasteiger partial charge in [0, 0.05) is 42.6 Å². The number of benzene rings is 1. The van der Waals surface area contributed by atoms with Gasteiger partial charge in [0.05, 0.1) is 24.5 Å². The number of carbonyl (C=O) groups excluding carboxylic acids is 2. The van der Waals surface area contributed by atoms with E-state index in [1.54, 1.807) is 34.1 Å². The third-order valence-electron chi connectivity index (χ3n) is 5.41. The maximum atomic E-state index is 14.2. The quantitative estimate of drug-likeness (QED) is 0.500. The van der Waals surface area contributed by atoms with Crippen molar-refractivity contribution in [1.82, 2.24) is 20.5 Å². The monoisotopic (exact) mass is 478 g/mol. The zero-order valence-electron chi connectivity index (χ0n) is 20.0. The van der Waals surface area contributed by atoms with Gasteiger partial charge < -0.3 is 31.0 Å². The SMILES string of the molecule is C#C/C(NC)=C1/C(=N)CN(C)C(=O)c2ccc(F)cc2[C@H](C)Oc2cc1cnc2NC(=O)CNC. The van der Waals surface area contributed by atoms with Crippen LogP contribution in [0.2, 0.25) is 0 Å². The first kappa shape index (κ1) is 25.4. The number of rotatable bonds is 4. The number of carbonyl (C=O) groups is 2. The van der Waals surface area contributed by atoms with Crippen molar-refractivity contribution in [3.8, 4) is 18.1 Å². The minimum atomic E-state index is -0.780. The summed E-state index contributed by atoms with van der Waals surface area (Å²) in [6.07, 6.45) is 6.37. The normalized spacial score (nSPS) is 17.3. The molecule has 9 nitrogen and oxygen atoms in total. The second-order valence-corrected chi connectivity index (χ2v) is 7.93. The molecule has 0 spiro atoms. The molecule has 1 aromatic heterocycles. The fourth-order valence-corrected chi connectivity index (χ4v) is 3.75. The number of aromatic nitrogens is 1. The van der Waals surface area contributed by atoms with Crippen molar-refractivity contribution < 1.29 is 18.7 Å². The van der Waals surface area contributed by atoms with Crippen LogP contribution in [0.5, 0.6) is 5.75 Å². The first-order valence-electron chi connectivity index (χ1n) is 10.8. The van der Waals surface area contributed by atoms with Crippen molar-refractivity contribution in [2.75, 3.05) is 39.5 Å². The summed E-state index contributed by atoms with van der Waals surface area (Å²) >= 11 is 0. The molecule has 35 heavy (non-hydrogen) atoms. The summed E-state index contributed by atoms with van der Waals surface area (Å²) in [5.74, 6) is 1.56. The van der Waals surface area contributed by atoms with E-state index < -0.39 is 17.8 Å². The van der Waals surface area contributed by atoms with Crippen LogP contribution in [-0.2, 0) is 4.79 Å². The highest BCUT2D eigenvalue weighted by atomic mass is 19.1. The van der Waals surface area contributed by atoms with Gasteiger partial charge in [0.2, 0.25) is 5.91 Å². The van der Waals surface area contributed by atoms with Gasteiger partial charge in [-0.2, -0.15) is 0 Å². The van der Waals surface area contributed by atoms with Crippen LogP contribution >= 0.6 is 0 Å². The number of pyridine rings is 1. The molecule has 1 aliphatic rings. The zero-order chi connectivity index (χ0) is 25.7. The molecule has 182 valence electrons. The molecule has 2 aromatic rings. The number of terminal acetylenes is 1. The van der Waals surface area contributed by atoms with Crippen molar-refractivity contribution in [2.45, 2.75) is 13.0 Å². The topological polar surface area (TPSA) is 119 Å². The molecule has 0 saturated heterocycles. The summed E-state index contributed by atoms with van der Waals surface area (Å²) in [6, 6.07) is 5.44. The van der Waals surface area contributed by atoms with Crippen molar-refractivity contribution in [3.63, 3.8) is 0 Å². The van der Waals surface area contributed by atoms with E-state index in [9.17, 15) is 14.0 Å². The fourth-order valence-electron chi connectivity index (χ4n) is 3.75. The number of allylic oxidation sites excluding steroid dienone is 1. The van der Waals surface area contributed by atoms with E-state index >= 15 is 0 Å². The van der Waals surface area contributed by atoms with Crippen LogP contribution < -0.4 is 20.7 Å². The van der Waals surface area contributed by atoms with Gasteiger partial charge in [-0.05, 0) is 38.2 Å². The molecule has 0 radical (unpaired) electrons. The van der Waals surface area contributed by atoms with Gasteiger partial charge in [0.25, 0.3) is 5.91 Å². The Balaban J connectivity index is 2.26. The predicted molar refractivity (Wildman–Crippen MR) is 132 cm³/mol. The van der Waals surface area contributed by atoms with Crippen LogP contribution in [0.3, 0.4) is 0 Å². The number of likely N-dealkylation sites (N-methyl/N-ethyl adjacent to an activating group) is 1. The molecule has 1 aromatic carbocycles. The number of nitrogens with one attached hydrogen (secondary N) is 4. The van der Waals surface area contributed by atoms with Crippen LogP contribution in [0.25, 0.3) is 5.57 Å². The third kappa shape index (κ3) is 5.47. The summed E-state index contributed by atoms with van der Waals surface area (Å²) in [7, 11) is 4.82. The van der Waals surface area contributed by atoms with Crippen LogP contribution in [0.15, 0.2) is 36.2 Å². The number of fused-ring (bicyclic) bond motifs is 3. The molecule has 0 unspecified atom stereocenters. The van der Waals surface area contributed by atoms with E-state index in [2.05, 4.69) is 26.9 Å². The fraction of sp³-hybridized carbons (Fsp3) is 0.280. The second kappa shape index (κ2) is 10.8. The summed E-state index contributed by atoms with van der Waals surface area (Å²) in [6.45, 7) is 1.65. The first-order valence-corrected chi connectivity index (χ1v) is 10.8. The van der Waals surface area contributed by atoms with Gasteiger partial charge in [-0.15, -0.1) is 6.42 Å². The molecular formula is C25H27FN6O3. The number of hydrogen-bond acceptors (Lipinski definition) is 7. The van der Waals surface area contributed by atoms with E-state index in [-0.39, 0.29) is 41.8 Å². The molecule has 0 aliphatic carbocycles. The summed E-state index contributed by atoms with van der Waals surface area (Å²) in [4.78, 5) is 31.2. The number of amides is 2. The maximum Gasteiger partial charge on any atom is 0.254 e. The van der Waals surface area contributed by atoms with Crippen LogP contribution in [0, 0.1) is 23.6 Å². The summed E-state index contributed by atoms with van der Waals surface area (Å²) in [5, 5.41) is 17.1. The molecule has 3 rings (SSSR count).